The highest BCUT2D eigenvalue weighted by Gasteiger charge is 2.48. The molecule has 37 heavy (non-hydrogen) atoms. The molecule has 0 spiro atoms. The Morgan fingerprint density at radius 3 is 2.65 bits per heavy atom. The first-order valence-corrected chi connectivity index (χ1v) is 11.8. The summed E-state index contributed by atoms with van der Waals surface area (Å²) < 4.78 is 52.9. The van der Waals surface area contributed by atoms with E-state index in [-0.39, 0.29) is 17.3 Å². The van der Waals surface area contributed by atoms with Crippen LogP contribution in [-0.2, 0) is 15.3 Å². The highest BCUT2D eigenvalue weighted by molar-refractivity contribution is 7.98. The molecule has 5 unspecified atom stereocenters. The molecule has 3 heterocycles. The van der Waals surface area contributed by atoms with Gasteiger partial charge < -0.3 is 39.6 Å². The first kappa shape index (κ1) is 26.9. The number of aromatic nitrogens is 3. The lowest BCUT2D eigenvalue weighted by Gasteiger charge is -2.38. The molecule has 200 valence electrons. The minimum atomic E-state index is -4.46. The summed E-state index contributed by atoms with van der Waals surface area (Å²) >= 11 is 1.25. The number of carboxylic acid groups (broad SMARTS) is 1. The third kappa shape index (κ3) is 6.24. The number of aliphatic hydroxyl groups is 3. The van der Waals surface area contributed by atoms with Crippen LogP contribution in [0.1, 0.15) is 11.3 Å². The zero-order chi connectivity index (χ0) is 26.9. The molecular formula is C22H22F3N3O8S. The monoisotopic (exact) mass is 545 g/mol. The standard InChI is InChI=1S/C22H22F3N3O8S/c1-9-13(26-5-4-14(9)34-8-22(23,24)25)7-37-21-27-11-3-2-10(6-12(11)28-21)35-20-17(31)15(29)16(30)18(36-20)19(32)33/h2-6,15-18,20,29-31H,7-8H2,1H3,(H,27,28)(H,32,33). The molecule has 4 rings (SSSR count). The Kier molecular flexibility index (Phi) is 7.80. The van der Waals surface area contributed by atoms with Crippen molar-refractivity contribution in [2.75, 3.05) is 6.61 Å². The molecule has 1 aliphatic heterocycles. The van der Waals surface area contributed by atoms with Crippen LogP contribution in [0, 0.1) is 6.92 Å². The van der Waals surface area contributed by atoms with E-state index in [1.54, 1.807) is 13.0 Å². The predicted octanol–water partition coefficient (Wildman–Crippen LogP) is 1.77. The van der Waals surface area contributed by atoms with Gasteiger partial charge in [-0.15, -0.1) is 0 Å². The highest BCUT2D eigenvalue weighted by Crippen LogP contribution is 2.30. The molecule has 5 N–H and O–H groups in total. The Bertz CT molecular complexity index is 1270. The fourth-order valence-corrected chi connectivity index (χ4v) is 4.46. The van der Waals surface area contributed by atoms with E-state index in [0.717, 1.165) is 0 Å². The molecular weight excluding hydrogens is 523 g/mol. The number of carboxylic acids is 1. The SMILES string of the molecule is Cc1c(OCC(F)(F)F)ccnc1CSc1nc2ccc(OC3OC(C(=O)O)C(O)C(O)C3O)cc2[nH]1. The van der Waals surface area contributed by atoms with Crippen molar-refractivity contribution in [1.29, 1.82) is 0 Å². The zero-order valence-corrected chi connectivity index (χ0v) is 19.9. The fraction of sp³-hybridized carbons (Fsp3) is 0.409. The van der Waals surface area contributed by atoms with Gasteiger partial charge >= 0.3 is 12.1 Å². The maximum atomic E-state index is 12.5. The Morgan fingerprint density at radius 2 is 1.95 bits per heavy atom. The summed E-state index contributed by atoms with van der Waals surface area (Å²) in [5.41, 5.74) is 2.06. The number of ether oxygens (including phenoxy) is 3. The van der Waals surface area contributed by atoms with E-state index in [1.807, 2.05) is 0 Å². The number of halogens is 3. The van der Waals surface area contributed by atoms with Crippen molar-refractivity contribution >= 4 is 28.8 Å². The number of pyridine rings is 1. The molecule has 1 aromatic carbocycles. The van der Waals surface area contributed by atoms with Gasteiger partial charge in [0.05, 0.1) is 16.7 Å². The van der Waals surface area contributed by atoms with Gasteiger partial charge in [0.2, 0.25) is 6.29 Å². The Morgan fingerprint density at radius 1 is 1.19 bits per heavy atom. The van der Waals surface area contributed by atoms with E-state index < -0.39 is 49.5 Å². The number of aliphatic hydroxyl groups excluding tert-OH is 3. The van der Waals surface area contributed by atoms with Crippen molar-refractivity contribution in [3.8, 4) is 11.5 Å². The Balaban J connectivity index is 1.43. The second-order valence-electron chi connectivity index (χ2n) is 8.15. The minimum Gasteiger partial charge on any atom is -0.484 e. The summed E-state index contributed by atoms with van der Waals surface area (Å²) in [4.78, 5) is 22.9. The third-order valence-electron chi connectivity index (χ3n) is 5.49. The predicted molar refractivity (Wildman–Crippen MR) is 121 cm³/mol. The summed E-state index contributed by atoms with van der Waals surface area (Å²) in [6, 6.07) is 5.97. The van der Waals surface area contributed by atoms with E-state index in [2.05, 4.69) is 15.0 Å². The van der Waals surface area contributed by atoms with Gasteiger partial charge in [0.1, 0.15) is 29.8 Å². The molecule has 0 radical (unpaired) electrons. The second kappa shape index (κ2) is 10.7. The average molecular weight is 545 g/mol. The molecule has 0 amide bonds. The van der Waals surface area contributed by atoms with Crippen molar-refractivity contribution in [1.82, 2.24) is 15.0 Å². The highest BCUT2D eigenvalue weighted by atomic mass is 32.2. The Labute approximate surface area is 211 Å². The number of hydrogen-bond acceptors (Lipinski definition) is 10. The first-order valence-electron chi connectivity index (χ1n) is 10.8. The summed E-state index contributed by atoms with van der Waals surface area (Å²) in [6.07, 6.45) is -11.8. The van der Waals surface area contributed by atoms with Crippen LogP contribution < -0.4 is 9.47 Å². The molecule has 1 aliphatic rings. The summed E-state index contributed by atoms with van der Waals surface area (Å²) in [7, 11) is 0. The number of H-pyrrole nitrogens is 1. The van der Waals surface area contributed by atoms with Gasteiger partial charge in [-0.3, -0.25) is 4.98 Å². The Hall–Kier alpha value is -3.11. The van der Waals surface area contributed by atoms with Crippen molar-refractivity contribution in [2.45, 2.75) is 54.7 Å². The topological polar surface area (TPSA) is 167 Å². The van der Waals surface area contributed by atoms with Gasteiger partial charge in [-0.25, -0.2) is 9.78 Å². The lowest BCUT2D eigenvalue weighted by Crippen LogP contribution is -2.61. The van der Waals surface area contributed by atoms with Crippen LogP contribution in [0.5, 0.6) is 11.5 Å². The molecule has 3 aromatic rings. The number of benzene rings is 1. The number of nitrogens with zero attached hydrogens (tertiary/aromatic N) is 2. The van der Waals surface area contributed by atoms with Crippen LogP contribution in [0.25, 0.3) is 11.0 Å². The smallest absolute Gasteiger partial charge is 0.422 e. The van der Waals surface area contributed by atoms with Gasteiger partial charge in [-0.2, -0.15) is 13.2 Å². The number of thioether (sulfide) groups is 1. The van der Waals surface area contributed by atoms with Crippen LogP contribution in [0.15, 0.2) is 35.6 Å². The number of aromatic amines is 1. The summed E-state index contributed by atoms with van der Waals surface area (Å²) in [6.45, 7) is 0.210. The van der Waals surface area contributed by atoms with Crippen molar-refractivity contribution in [2.24, 2.45) is 0 Å². The lowest BCUT2D eigenvalue weighted by atomic mass is 9.99. The number of carbonyl (C=O) groups is 1. The van der Waals surface area contributed by atoms with E-state index in [9.17, 15) is 33.3 Å². The zero-order valence-electron chi connectivity index (χ0n) is 19.0. The molecule has 15 heteroatoms. The minimum absolute atomic E-state index is 0.0872. The first-order chi connectivity index (χ1) is 17.4. The van der Waals surface area contributed by atoms with Crippen LogP contribution in [0.2, 0.25) is 0 Å². The van der Waals surface area contributed by atoms with Crippen LogP contribution in [0.3, 0.4) is 0 Å². The van der Waals surface area contributed by atoms with Gasteiger partial charge in [-0.1, -0.05) is 11.8 Å². The number of aliphatic carboxylic acids is 1. The number of nitrogens with one attached hydrogen (secondary N) is 1. The third-order valence-corrected chi connectivity index (χ3v) is 6.38. The molecule has 2 aromatic heterocycles. The molecule has 5 atom stereocenters. The van der Waals surface area contributed by atoms with Crippen molar-refractivity contribution < 1.29 is 52.6 Å². The van der Waals surface area contributed by atoms with E-state index >= 15 is 0 Å². The average Bonchev–Trinajstić information content (AvgIpc) is 3.24. The number of alkyl halides is 3. The number of hydrogen-bond donors (Lipinski definition) is 5. The fourth-order valence-electron chi connectivity index (χ4n) is 3.55. The molecule has 0 saturated carbocycles. The summed E-state index contributed by atoms with van der Waals surface area (Å²) in [5.74, 6) is -0.988. The maximum Gasteiger partial charge on any atom is 0.422 e. The van der Waals surface area contributed by atoms with Gasteiger partial charge in [-0.05, 0) is 25.1 Å². The molecule has 1 saturated heterocycles. The van der Waals surface area contributed by atoms with E-state index in [4.69, 9.17) is 19.3 Å². The van der Waals surface area contributed by atoms with Crippen LogP contribution in [-0.4, -0.2) is 84.8 Å². The van der Waals surface area contributed by atoms with Gasteiger partial charge in [0, 0.05) is 23.6 Å². The number of fused-ring (bicyclic) bond motifs is 1. The second-order valence-corrected chi connectivity index (χ2v) is 9.11. The summed E-state index contributed by atoms with van der Waals surface area (Å²) in [5, 5.41) is 39.5. The van der Waals surface area contributed by atoms with Gasteiger partial charge in [0.25, 0.3) is 0 Å². The quantitative estimate of drug-likeness (QED) is 0.262. The van der Waals surface area contributed by atoms with Gasteiger partial charge in [0.15, 0.2) is 17.9 Å². The van der Waals surface area contributed by atoms with Crippen molar-refractivity contribution in [3.05, 3.63) is 41.7 Å². The molecule has 0 aliphatic carbocycles. The molecule has 0 bridgehead atoms. The normalized spacial score (nSPS) is 24.2. The van der Waals surface area contributed by atoms with Crippen LogP contribution in [0.4, 0.5) is 13.2 Å². The lowest BCUT2D eigenvalue weighted by molar-refractivity contribution is -0.271. The van der Waals surface area contributed by atoms with Crippen molar-refractivity contribution in [3.63, 3.8) is 0 Å². The molecule has 1 fully saturated rings. The van der Waals surface area contributed by atoms with Crippen LogP contribution >= 0.6 is 11.8 Å². The maximum absolute atomic E-state index is 12.5. The van der Waals surface area contributed by atoms with E-state index in [1.165, 1.54) is 36.2 Å². The largest absolute Gasteiger partial charge is 0.484 e. The number of rotatable bonds is 8. The van der Waals surface area contributed by atoms with E-state index in [0.29, 0.717) is 27.4 Å². The number of imidazole rings is 1. The molecule has 11 nitrogen and oxygen atoms in total.